The number of carbonyl (C=O) groups excluding carboxylic acids is 1. The molecule has 0 unspecified atom stereocenters. The molecule has 1 aromatic rings. The van der Waals surface area contributed by atoms with Gasteiger partial charge in [-0.05, 0) is 48.8 Å². The first-order valence-electron chi connectivity index (χ1n) is 5.70. The van der Waals surface area contributed by atoms with Crippen LogP contribution < -0.4 is 10.6 Å². The Hall–Kier alpha value is -1.30. The molecular formula is C12H18BrN3O2. The van der Waals surface area contributed by atoms with E-state index in [1.807, 2.05) is 32.9 Å². The summed E-state index contributed by atoms with van der Waals surface area (Å²) in [5, 5.41) is 5.77. The van der Waals surface area contributed by atoms with Crippen LogP contribution in [0.3, 0.4) is 0 Å². The number of pyridine rings is 1. The van der Waals surface area contributed by atoms with Crippen molar-refractivity contribution in [1.29, 1.82) is 0 Å². The second-order valence-corrected chi connectivity index (χ2v) is 5.54. The van der Waals surface area contributed by atoms with Gasteiger partial charge in [0, 0.05) is 19.3 Å². The maximum atomic E-state index is 11.4. The van der Waals surface area contributed by atoms with Crippen molar-refractivity contribution in [3.63, 3.8) is 0 Å². The molecule has 0 saturated carbocycles. The van der Waals surface area contributed by atoms with Crippen molar-refractivity contribution < 1.29 is 9.53 Å². The second-order valence-electron chi connectivity index (χ2n) is 4.69. The molecule has 0 atom stereocenters. The standard InChI is InChI=1S/C12H18BrN3O2/c1-12(2,3)18-11(17)16-8-7-15-10-9(13)5-4-6-14-10/h4-6H,7-8H2,1-3H3,(H,14,15)(H,16,17). The van der Waals surface area contributed by atoms with Gasteiger partial charge in [-0.15, -0.1) is 0 Å². The van der Waals surface area contributed by atoms with E-state index in [1.165, 1.54) is 0 Å². The number of rotatable bonds is 4. The Balaban J connectivity index is 2.23. The van der Waals surface area contributed by atoms with Crippen LogP contribution >= 0.6 is 15.9 Å². The molecule has 6 heteroatoms. The maximum absolute atomic E-state index is 11.4. The summed E-state index contributed by atoms with van der Waals surface area (Å²) in [7, 11) is 0. The number of hydrogen-bond donors (Lipinski definition) is 2. The molecule has 0 aliphatic rings. The Labute approximate surface area is 115 Å². The molecule has 18 heavy (non-hydrogen) atoms. The minimum absolute atomic E-state index is 0.413. The SMILES string of the molecule is CC(C)(C)OC(=O)NCCNc1ncccc1Br. The van der Waals surface area contributed by atoms with Crippen LogP contribution in [-0.2, 0) is 4.74 Å². The van der Waals surface area contributed by atoms with Crippen molar-refractivity contribution in [3.8, 4) is 0 Å². The van der Waals surface area contributed by atoms with Gasteiger partial charge in [0.15, 0.2) is 0 Å². The third-order valence-corrected chi connectivity index (χ3v) is 2.48. The summed E-state index contributed by atoms with van der Waals surface area (Å²) in [5.41, 5.74) is -0.471. The first kappa shape index (κ1) is 14.8. The smallest absolute Gasteiger partial charge is 0.407 e. The lowest BCUT2D eigenvalue weighted by Gasteiger charge is -2.19. The molecule has 5 nitrogen and oxygen atoms in total. The Morgan fingerprint density at radius 3 is 2.78 bits per heavy atom. The average molecular weight is 316 g/mol. The minimum atomic E-state index is -0.471. The summed E-state index contributed by atoms with van der Waals surface area (Å²) >= 11 is 3.38. The topological polar surface area (TPSA) is 63.2 Å². The zero-order valence-electron chi connectivity index (χ0n) is 10.8. The molecule has 0 aromatic carbocycles. The van der Waals surface area contributed by atoms with Crippen LogP contribution in [0.5, 0.6) is 0 Å². The van der Waals surface area contributed by atoms with Crippen molar-refractivity contribution in [2.75, 3.05) is 18.4 Å². The van der Waals surface area contributed by atoms with Crippen LogP contribution in [0, 0.1) is 0 Å². The van der Waals surface area contributed by atoms with Crippen molar-refractivity contribution in [2.24, 2.45) is 0 Å². The molecule has 1 rings (SSSR count). The van der Waals surface area contributed by atoms with Crippen molar-refractivity contribution in [1.82, 2.24) is 10.3 Å². The van der Waals surface area contributed by atoms with Gasteiger partial charge in [0.2, 0.25) is 0 Å². The lowest BCUT2D eigenvalue weighted by molar-refractivity contribution is 0.0530. The second kappa shape index (κ2) is 6.58. The van der Waals surface area contributed by atoms with E-state index < -0.39 is 11.7 Å². The monoisotopic (exact) mass is 315 g/mol. The molecule has 0 saturated heterocycles. The molecule has 1 heterocycles. The highest BCUT2D eigenvalue weighted by Crippen LogP contribution is 2.17. The summed E-state index contributed by atoms with van der Waals surface area (Å²) in [4.78, 5) is 15.5. The molecule has 100 valence electrons. The number of halogens is 1. The molecule has 0 fully saturated rings. The van der Waals surface area contributed by atoms with Gasteiger partial charge in [-0.2, -0.15) is 0 Å². The fourth-order valence-corrected chi connectivity index (χ4v) is 1.57. The maximum Gasteiger partial charge on any atom is 0.407 e. The van der Waals surface area contributed by atoms with Gasteiger partial charge in [0.25, 0.3) is 0 Å². The first-order chi connectivity index (χ1) is 8.38. The molecule has 0 aliphatic carbocycles. The van der Waals surface area contributed by atoms with Crippen molar-refractivity contribution in [3.05, 3.63) is 22.8 Å². The lowest BCUT2D eigenvalue weighted by Crippen LogP contribution is -2.35. The molecule has 0 aliphatic heterocycles. The Bertz CT molecular complexity index is 405. The fraction of sp³-hybridized carbons (Fsp3) is 0.500. The van der Waals surface area contributed by atoms with Crippen LogP contribution in [0.25, 0.3) is 0 Å². The van der Waals surface area contributed by atoms with E-state index in [9.17, 15) is 4.79 Å². The minimum Gasteiger partial charge on any atom is -0.444 e. The van der Waals surface area contributed by atoms with Crippen LogP contribution in [0.4, 0.5) is 10.6 Å². The number of ether oxygens (including phenoxy) is 1. The van der Waals surface area contributed by atoms with Crippen LogP contribution in [0.15, 0.2) is 22.8 Å². The zero-order chi connectivity index (χ0) is 13.6. The highest BCUT2D eigenvalue weighted by Gasteiger charge is 2.15. The number of anilines is 1. The normalized spacial score (nSPS) is 10.9. The highest BCUT2D eigenvalue weighted by atomic mass is 79.9. The lowest BCUT2D eigenvalue weighted by atomic mass is 10.2. The average Bonchev–Trinajstić information content (AvgIpc) is 2.24. The molecule has 2 N–H and O–H groups in total. The molecule has 0 spiro atoms. The third kappa shape index (κ3) is 5.86. The number of hydrogen-bond acceptors (Lipinski definition) is 4. The Morgan fingerprint density at radius 1 is 1.44 bits per heavy atom. The number of amides is 1. The van der Waals surface area contributed by atoms with Gasteiger partial charge in [-0.1, -0.05) is 0 Å². The van der Waals surface area contributed by atoms with Crippen LogP contribution in [-0.4, -0.2) is 29.8 Å². The van der Waals surface area contributed by atoms with Gasteiger partial charge >= 0.3 is 6.09 Å². The van der Waals surface area contributed by atoms with Gasteiger partial charge < -0.3 is 15.4 Å². The summed E-state index contributed by atoms with van der Waals surface area (Å²) in [6.07, 6.45) is 1.29. The van der Waals surface area contributed by atoms with Crippen molar-refractivity contribution in [2.45, 2.75) is 26.4 Å². The van der Waals surface area contributed by atoms with Gasteiger partial charge in [-0.3, -0.25) is 0 Å². The summed E-state index contributed by atoms with van der Waals surface area (Å²) in [6.45, 7) is 6.54. The first-order valence-corrected chi connectivity index (χ1v) is 6.49. The van der Waals surface area contributed by atoms with E-state index in [4.69, 9.17) is 4.74 Å². The Kier molecular flexibility index (Phi) is 5.40. The van der Waals surface area contributed by atoms with Crippen LogP contribution in [0.2, 0.25) is 0 Å². The summed E-state index contributed by atoms with van der Waals surface area (Å²) < 4.78 is 6.00. The van der Waals surface area contributed by atoms with Crippen LogP contribution in [0.1, 0.15) is 20.8 Å². The molecule has 1 amide bonds. The van der Waals surface area contributed by atoms with E-state index in [2.05, 4.69) is 31.5 Å². The van der Waals surface area contributed by atoms with Gasteiger partial charge in [-0.25, -0.2) is 9.78 Å². The third-order valence-electron chi connectivity index (χ3n) is 1.84. The largest absolute Gasteiger partial charge is 0.444 e. The Morgan fingerprint density at radius 2 is 2.17 bits per heavy atom. The highest BCUT2D eigenvalue weighted by molar-refractivity contribution is 9.10. The summed E-state index contributed by atoms with van der Waals surface area (Å²) in [5.74, 6) is 0.753. The van der Waals surface area contributed by atoms with E-state index in [1.54, 1.807) is 6.20 Å². The van der Waals surface area contributed by atoms with Gasteiger partial charge in [0.05, 0.1) is 4.47 Å². The predicted octanol–water partition coefficient (Wildman–Crippen LogP) is 2.78. The zero-order valence-corrected chi connectivity index (χ0v) is 12.4. The number of alkyl carbamates (subject to hydrolysis) is 1. The van der Waals surface area contributed by atoms with E-state index >= 15 is 0 Å². The number of nitrogens with one attached hydrogen (secondary N) is 2. The van der Waals surface area contributed by atoms with Crippen molar-refractivity contribution >= 4 is 27.8 Å². The predicted molar refractivity (Wildman–Crippen MR) is 74.7 cm³/mol. The quantitative estimate of drug-likeness (QED) is 0.839. The molecule has 0 bridgehead atoms. The van der Waals surface area contributed by atoms with E-state index in [-0.39, 0.29) is 0 Å². The fourth-order valence-electron chi connectivity index (χ4n) is 1.18. The van der Waals surface area contributed by atoms with E-state index in [0.717, 1.165) is 10.3 Å². The van der Waals surface area contributed by atoms with Gasteiger partial charge in [0.1, 0.15) is 11.4 Å². The molecule has 1 aromatic heterocycles. The number of nitrogens with zero attached hydrogens (tertiary/aromatic N) is 1. The molecular weight excluding hydrogens is 298 g/mol. The number of aromatic nitrogens is 1. The number of carbonyl (C=O) groups is 1. The molecule has 0 radical (unpaired) electrons. The van der Waals surface area contributed by atoms with E-state index in [0.29, 0.717) is 13.1 Å². The summed E-state index contributed by atoms with van der Waals surface area (Å²) in [6, 6.07) is 3.74.